The molecule has 2 rings (SSSR count). The van der Waals surface area contributed by atoms with Crippen LogP contribution in [-0.4, -0.2) is 0 Å². The number of benzene rings is 2. The molecule has 2 aromatic rings. The predicted octanol–water partition coefficient (Wildman–Crippen LogP) is 4.62. The van der Waals surface area contributed by atoms with Crippen molar-refractivity contribution in [2.45, 2.75) is 25.7 Å². The molecule has 0 heteroatoms. The van der Waals surface area contributed by atoms with Gasteiger partial charge in [-0.3, -0.25) is 0 Å². The Morgan fingerprint density at radius 3 is 1.78 bits per heavy atom. The normalized spacial score (nSPS) is 9.89. The van der Waals surface area contributed by atoms with Crippen LogP contribution in [-0.2, 0) is 0 Å². The molecule has 2 aromatic carbocycles. The van der Waals surface area contributed by atoms with E-state index < -0.39 is 0 Å². The summed E-state index contributed by atoms with van der Waals surface area (Å²) in [6.45, 7) is 2.16. The standard InChI is InChI=1S/C18H18/c1-2-3-6-15-18(16-11-7-4-8-12-16)17-13-9-5-10-14-17/h4-5,7-14,18H,2-3H2,1H3. The number of hydrogen-bond acceptors (Lipinski definition) is 0. The first-order chi connectivity index (χ1) is 8.92. The van der Waals surface area contributed by atoms with Crippen LogP contribution in [0.3, 0.4) is 0 Å². The molecular formula is C18H18. The summed E-state index contributed by atoms with van der Waals surface area (Å²) in [6.07, 6.45) is 2.08. The highest BCUT2D eigenvalue weighted by atomic mass is 14.1. The Bertz CT molecular complexity index is 475. The molecule has 0 aliphatic carbocycles. The summed E-state index contributed by atoms with van der Waals surface area (Å²) in [6, 6.07) is 21.0. The molecule has 0 fully saturated rings. The van der Waals surface area contributed by atoms with E-state index in [2.05, 4.69) is 67.3 Å². The molecule has 0 bridgehead atoms. The van der Waals surface area contributed by atoms with Crippen molar-refractivity contribution in [3.63, 3.8) is 0 Å². The fourth-order valence-corrected chi connectivity index (χ4v) is 1.95. The molecule has 0 aromatic heterocycles. The topological polar surface area (TPSA) is 0 Å². The summed E-state index contributed by atoms with van der Waals surface area (Å²) in [5.41, 5.74) is 2.54. The second kappa shape index (κ2) is 6.67. The highest BCUT2D eigenvalue weighted by molar-refractivity contribution is 5.39. The van der Waals surface area contributed by atoms with Crippen LogP contribution in [0.5, 0.6) is 0 Å². The average Bonchev–Trinajstić information content (AvgIpc) is 2.46. The van der Waals surface area contributed by atoms with Gasteiger partial charge in [0.25, 0.3) is 0 Å². The van der Waals surface area contributed by atoms with Crippen molar-refractivity contribution < 1.29 is 0 Å². The third kappa shape index (κ3) is 3.25. The maximum absolute atomic E-state index is 3.40. The Labute approximate surface area is 110 Å². The highest BCUT2D eigenvalue weighted by Gasteiger charge is 2.09. The molecule has 0 saturated heterocycles. The summed E-state index contributed by atoms with van der Waals surface area (Å²) >= 11 is 0. The Morgan fingerprint density at radius 2 is 1.33 bits per heavy atom. The Balaban J connectivity index is 2.33. The van der Waals surface area contributed by atoms with E-state index in [9.17, 15) is 0 Å². The number of unbranched alkanes of at least 4 members (excludes halogenated alkanes) is 1. The van der Waals surface area contributed by atoms with Gasteiger partial charge in [-0.1, -0.05) is 73.5 Å². The quantitative estimate of drug-likeness (QED) is 0.680. The largest absolute Gasteiger partial charge is 0.102 e. The van der Waals surface area contributed by atoms with Crippen LogP contribution >= 0.6 is 0 Å². The second-order valence-corrected chi connectivity index (χ2v) is 4.33. The zero-order valence-corrected chi connectivity index (χ0v) is 10.8. The van der Waals surface area contributed by atoms with E-state index in [4.69, 9.17) is 0 Å². The third-order valence-corrected chi connectivity index (χ3v) is 2.89. The van der Waals surface area contributed by atoms with Gasteiger partial charge < -0.3 is 0 Å². The third-order valence-electron chi connectivity index (χ3n) is 2.89. The van der Waals surface area contributed by atoms with Gasteiger partial charge in [-0.15, -0.1) is 5.92 Å². The van der Waals surface area contributed by atoms with Crippen LogP contribution in [0.1, 0.15) is 36.8 Å². The molecule has 0 nitrogen and oxygen atoms in total. The van der Waals surface area contributed by atoms with Crippen LogP contribution in [0.25, 0.3) is 0 Å². The molecule has 0 unspecified atom stereocenters. The molecule has 0 atom stereocenters. The molecule has 0 aliphatic heterocycles. The monoisotopic (exact) mass is 234 g/mol. The van der Waals surface area contributed by atoms with Gasteiger partial charge in [0.05, 0.1) is 5.92 Å². The van der Waals surface area contributed by atoms with Crippen LogP contribution in [0.4, 0.5) is 0 Å². The lowest BCUT2D eigenvalue weighted by Crippen LogP contribution is -1.97. The van der Waals surface area contributed by atoms with Gasteiger partial charge in [-0.25, -0.2) is 0 Å². The minimum atomic E-state index is 0.193. The van der Waals surface area contributed by atoms with Crippen LogP contribution in [0.15, 0.2) is 60.7 Å². The summed E-state index contributed by atoms with van der Waals surface area (Å²) in [5, 5.41) is 0. The molecule has 0 radical (unpaired) electrons. The Morgan fingerprint density at radius 1 is 0.833 bits per heavy atom. The molecule has 90 valence electrons. The van der Waals surface area contributed by atoms with Gasteiger partial charge in [0.1, 0.15) is 0 Å². The van der Waals surface area contributed by atoms with Gasteiger partial charge in [0.15, 0.2) is 0 Å². The Hall–Kier alpha value is -2.00. The van der Waals surface area contributed by atoms with Crippen molar-refractivity contribution in [2.24, 2.45) is 0 Å². The highest BCUT2D eigenvalue weighted by Crippen LogP contribution is 2.23. The summed E-state index contributed by atoms with van der Waals surface area (Å²) in [4.78, 5) is 0. The van der Waals surface area contributed by atoms with Gasteiger partial charge in [-0.2, -0.15) is 0 Å². The van der Waals surface area contributed by atoms with Crippen molar-refractivity contribution >= 4 is 0 Å². The van der Waals surface area contributed by atoms with E-state index in [1.54, 1.807) is 0 Å². The zero-order valence-electron chi connectivity index (χ0n) is 10.8. The van der Waals surface area contributed by atoms with Crippen LogP contribution in [0.2, 0.25) is 0 Å². The fourth-order valence-electron chi connectivity index (χ4n) is 1.95. The lowest BCUT2D eigenvalue weighted by molar-refractivity contribution is 0.975. The second-order valence-electron chi connectivity index (χ2n) is 4.33. The molecule has 0 heterocycles. The molecule has 0 spiro atoms. The van der Waals surface area contributed by atoms with Crippen molar-refractivity contribution in [3.8, 4) is 11.8 Å². The van der Waals surface area contributed by atoms with Crippen molar-refractivity contribution in [1.82, 2.24) is 0 Å². The molecule has 0 amide bonds. The lowest BCUT2D eigenvalue weighted by Gasteiger charge is -2.11. The van der Waals surface area contributed by atoms with Gasteiger partial charge in [-0.05, 0) is 17.5 Å². The first-order valence-electron chi connectivity index (χ1n) is 6.50. The Kier molecular flexibility index (Phi) is 4.61. The van der Waals surface area contributed by atoms with E-state index in [1.165, 1.54) is 11.1 Å². The van der Waals surface area contributed by atoms with E-state index in [0.717, 1.165) is 12.8 Å². The minimum Gasteiger partial charge on any atom is -0.102 e. The van der Waals surface area contributed by atoms with Gasteiger partial charge in [0.2, 0.25) is 0 Å². The average molecular weight is 234 g/mol. The maximum Gasteiger partial charge on any atom is 0.0702 e. The van der Waals surface area contributed by atoms with E-state index in [1.807, 2.05) is 12.1 Å². The lowest BCUT2D eigenvalue weighted by atomic mass is 9.92. The summed E-state index contributed by atoms with van der Waals surface area (Å²) in [5.74, 6) is 6.88. The van der Waals surface area contributed by atoms with Crippen molar-refractivity contribution in [1.29, 1.82) is 0 Å². The van der Waals surface area contributed by atoms with Crippen LogP contribution < -0.4 is 0 Å². The molecule has 0 saturated carbocycles. The fraction of sp³-hybridized carbons (Fsp3) is 0.222. The zero-order chi connectivity index (χ0) is 12.6. The first kappa shape index (κ1) is 12.5. The van der Waals surface area contributed by atoms with Gasteiger partial charge >= 0.3 is 0 Å². The molecule has 0 aliphatic rings. The number of hydrogen-bond donors (Lipinski definition) is 0. The predicted molar refractivity (Wildman–Crippen MR) is 77.4 cm³/mol. The first-order valence-corrected chi connectivity index (χ1v) is 6.50. The smallest absolute Gasteiger partial charge is 0.0702 e. The van der Waals surface area contributed by atoms with Crippen molar-refractivity contribution in [2.75, 3.05) is 0 Å². The molecule has 18 heavy (non-hydrogen) atoms. The SMILES string of the molecule is CCCC#CC(c1ccccc1)c1ccccc1. The van der Waals surface area contributed by atoms with Gasteiger partial charge in [0, 0.05) is 6.42 Å². The maximum atomic E-state index is 3.40. The van der Waals surface area contributed by atoms with E-state index in [-0.39, 0.29) is 5.92 Å². The number of rotatable bonds is 3. The summed E-state index contributed by atoms with van der Waals surface area (Å²) < 4.78 is 0. The molecule has 0 N–H and O–H groups in total. The van der Waals surface area contributed by atoms with Crippen LogP contribution in [0, 0.1) is 11.8 Å². The summed E-state index contributed by atoms with van der Waals surface area (Å²) in [7, 11) is 0. The minimum absolute atomic E-state index is 0.193. The van der Waals surface area contributed by atoms with E-state index in [0.29, 0.717) is 0 Å². The molecular weight excluding hydrogens is 216 g/mol. The van der Waals surface area contributed by atoms with Crippen molar-refractivity contribution in [3.05, 3.63) is 71.8 Å². The van der Waals surface area contributed by atoms with E-state index >= 15 is 0 Å².